The maximum absolute atomic E-state index is 14.0. The number of hydrogen-bond acceptors (Lipinski definition) is 1. The lowest BCUT2D eigenvalue weighted by atomic mass is 9.93. The van der Waals surface area contributed by atoms with E-state index >= 15 is 0 Å². The third-order valence-electron chi connectivity index (χ3n) is 4.40. The third-order valence-corrected chi connectivity index (χ3v) is 4.40. The zero-order chi connectivity index (χ0) is 17.3. The van der Waals surface area contributed by atoms with E-state index in [2.05, 4.69) is 4.99 Å². The minimum atomic E-state index is -1.21. The first-order valence-corrected chi connectivity index (χ1v) is 8.05. The molecule has 0 amide bonds. The molecule has 1 aromatic rings. The van der Waals surface area contributed by atoms with Gasteiger partial charge in [-0.2, -0.15) is 0 Å². The van der Waals surface area contributed by atoms with Crippen molar-refractivity contribution >= 4 is 11.5 Å². The van der Waals surface area contributed by atoms with E-state index in [0.29, 0.717) is 11.9 Å². The monoisotopic (exact) mass is 332 g/mol. The van der Waals surface area contributed by atoms with Crippen molar-refractivity contribution in [3.63, 3.8) is 0 Å². The molecule has 126 valence electrons. The molecule has 24 heavy (non-hydrogen) atoms. The molecule has 1 aliphatic heterocycles. The summed E-state index contributed by atoms with van der Waals surface area (Å²) in [6, 6.07) is 1.34. The summed E-state index contributed by atoms with van der Waals surface area (Å²) in [4.78, 5) is 6.25. The van der Waals surface area contributed by atoms with Gasteiger partial charge in [-0.05, 0) is 38.2 Å². The summed E-state index contributed by atoms with van der Waals surface area (Å²) >= 11 is 0. The fourth-order valence-corrected chi connectivity index (χ4v) is 3.21. The lowest BCUT2D eigenvalue weighted by Gasteiger charge is -2.19. The Bertz CT molecular complexity index is 788. The molecule has 1 aromatic carbocycles. The maximum atomic E-state index is 14.0. The van der Waals surface area contributed by atoms with Gasteiger partial charge in [-0.25, -0.2) is 18.2 Å². The predicted molar refractivity (Wildman–Crippen MR) is 89.6 cm³/mol. The van der Waals surface area contributed by atoms with E-state index in [1.165, 1.54) is 11.3 Å². The minimum absolute atomic E-state index is 0.193. The van der Waals surface area contributed by atoms with E-state index in [1.54, 1.807) is 0 Å². The number of halogens is 3. The Morgan fingerprint density at radius 2 is 1.75 bits per heavy atom. The van der Waals surface area contributed by atoms with Gasteiger partial charge in [-0.15, -0.1) is 0 Å². The van der Waals surface area contributed by atoms with E-state index in [1.807, 2.05) is 37.1 Å². The van der Waals surface area contributed by atoms with Crippen LogP contribution < -0.4 is 0 Å². The van der Waals surface area contributed by atoms with Gasteiger partial charge in [0.15, 0.2) is 17.5 Å². The van der Waals surface area contributed by atoms with Crippen molar-refractivity contribution in [1.82, 2.24) is 4.90 Å². The topological polar surface area (TPSA) is 15.6 Å². The molecule has 0 atom stereocenters. The molecule has 2 aliphatic rings. The third kappa shape index (κ3) is 2.90. The normalized spacial score (nSPS) is 21.5. The van der Waals surface area contributed by atoms with Crippen LogP contribution in [-0.4, -0.2) is 17.8 Å². The van der Waals surface area contributed by atoms with Crippen LogP contribution in [0.4, 0.5) is 18.9 Å². The first kappa shape index (κ1) is 16.6. The first-order valence-electron chi connectivity index (χ1n) is 8.05. The molecule has 0 radical (unpaired) electrons. The molecule has 0 saturated heterocycles. The quantitative estimate of drug-likeness (QED) is 0.661. The average Bonchev–Trinajstić information content (AvgIpc) is 2.83. The highest BCUT2D eigenvalue weighted by Gasteiger charge is 2.31. The van der Waals surface area contributed by atoms with Gasteiger partial charge < -0.3 is 4.90 Å². The zero-order valence-corrected chi connectivity index (χ0v) is 13.7. The molecule has 3 rings (SSSR count). The van der Waals surface area contributed by atoms with Crippen molar-refractivity contribution < 1.29 is 13.2 Å². The number of rotatable bonds is 2. The van der Waals surface area contributed by atoms with E-state index in [0.717, 1.165) is 37.3 Å². The van der Waals surface area contributed by atoms with E-state index in [-0.39, 0.29) is 5.69 Å². The molecule has 0 saturated carbocycles. The van der Waals surface area contributed by atoms with Gasteiger partial charge >= 0.3 is 0 Å². The lowest BCUT2D eigenvalue weighted by Crippen LogP contribution is -2.21. The Morgan fingerprint density at radius 3 is 2.50 bits per heavy atom. The van der Waals surface area contributed by atoms with E-state index in [9.17, 15) is 13.2 Å². The Balaban J connectivity index is 2.10. The summed E-state index contributed by atoms with van der Waals surface area (Å²) in [5, 5.41) is 0. The molecule has 0 N–H and O–H groups in total. The number of aliphatic imine (C=N–C) groups is 1. The minimum Gasteiger partial charge on any atom is -0.332 e. The zero-order valence-electron chi connectivity index (χ0n) is 13.7. The Labute approximate surface area is 139 Å². The summed E-state index contributed by atoms with van der Waals surface area (Å²) in [5.74, 6) is -2.61. The largest absolute Gasteiger partial charge is 0.332 e. The van der Waals surface area contributed by atoms with Crippen molar-refractivity contribution in [2.75, 3.05) is 7.05 Å². The SMILES string of the molecule is C/C=C/C=C1\C(=Nc2cc(F)c(F)cc2F)N(C)C2=C1CCCC2. The standard InChI is InChI=1S/C19H19F3N2/c1-3-4-7-13-12-8-5-6-9-18(12)24(2)19(13)23-17-11-15(21)14(20)10-16(17)22/h3-4,7,10-11H,5-6,8-9H2,1-2H3/b4-3+,13-7-,23-19?. The van der Waals surface area contributed by atoms with Crippen molar-refractivity contribution in [2.45, 2.75) is 32.6 Å². The predicted octanol–water partition coefficient (Wildman–Crippen LogP) is 5.41. The second-order valence-electron chi connectivity index (χ2n) is 5.95. The van der Waals surface area contributed by atoms with Gasteiger partial charge in [-0.1, -0.05) is 18.2 Å². The second kappa shape index (κ2) is 6.67. The van der Waals surface area contributed by atoms with Gasteiger partial charge in [-0.3, -0.25) is 0 Å². The molecule has 0 aromatic heterocycles. The number of allylic oxidation sites excluding steroid dienone is 4. The molecule has 1 heterocycles. The van der Waals surface area contributed by atoms with Crippen LogP contribution in [0.25, 0.3) is 0 Å². The average molecular weight is 332 g/mol. The summed E-state index contributed by atoms with van der Waals surface area (Å²) in [5.41, 5.74) is 3.12. The summed E-state index contributed by atoms with van der Waals surface area (Å²) < 4.78 is 40.6. The first-order chi connectivity index (χ1) is 11.5. The molecule has 0 fully saturated rings. The van der Waals surface area contributed by atoms with Crippen LogP contribution >= 0.6 is 0 Å². The Hall–Kier alpha value is -2.30. The van der Waals surface area contributed by atoms with Crippen molar-refractivity contribution in [3.8, 4) is 0 Å². The highest BCUT2D eigenvalue weighted by Crippen LogP contribution is 2.39. The number of likely N-dealkylation sites (N-methyl/N-ethyl adjacent to an activating group) is 1. The molecule has 0 bridgehead atoms. The van der Waals surface area contributed by atoms with E-state index in [4.69, 9.17) is 0 Å². The molecule has 0 spiro atoms. The van der Waals surface area contributed by atoms with Gasteiger partial charge in [0.05, 0.1) is 0 Å². The molecular weight excluding hydrogens is 313 g/mol. The van der Waals surface area contributed by atoms with Gasteiger partial charge in [0.25, 0.3) is 0 Å². The fourth-order valence-electron chi connectivity index (χ4n) is 3.21. The van der Waals surface area contributed by atoms with Gasteiger partial charge in [0, 0.05) is 30.5 Å². The van der Waals surface area contributed by atoms with Crippen molar-refractivity contribution in [3.05, 3.63) is 64.7 Å². The van der Waals surface area contributed by atoms with Crippen LogP contribution in [0.5, 0.6) is 0 Å². The molecule has 0 unspecified atom stereocenters. The van der Waals surface area contributed by atoms with Crippen LogP contribution in [0.1, 0.15) is 32.6 Å². The number of hydrogen-bond donors (Lipinski definition) is 0. The molecule has 2 nitrogen and oxygen atoms in total. The highest BCUT2D eigenvalue weighted by molar-refractivity contribution is 6.07. The fraction of sp³-hybridized carbons (Fsp3) is 0.316. The Morgan fingerprint density at radius 1 is 1.04 bits per heavy atom. The number of amidine groups is 1. The van der Waals surface area contributed by atoms with Crippen LogP contribution in [0, 0.1) is 17.5 Å². The van der Waals surface area contributed by atoms with Crippen molar-refractivity contribution in [1.29, 1.82) is 0 Å². The molecular formula is C19H19F3N2. The van der Waals surface area contributed by atoms with Crippen LogP contribution in [0.3, 0.4) is 0 Å². The number of benzene rings is 1. The second-order valence-corrected chi connectivity index (χ2v) is 5.95. The van der Waals surface area contributed by atoms with Crippen LogP contribution in [0.2, 0.25) is 0 Å². The smallest absolute Gasteiger partial charge is 0.161 e. The van der Waals surface area contributed by atoms with Crippen molar-refractivity contribution in [2.24, 2.45) is 4.99 Å². The molecule has 5 heteroatoms. The van der Waals surface area contributed by atoms with Crippen LogP contribution in [-0.2, 0) is 0 Å². The number of nitrogens with zero attached hydrogens (tertiary/aromatic N) is 2. The van der Waals surface area contributed by atoms with E-state index < -0.39 is 17.5 Å². The lowest BCUT2D eigenvalue weighted by molar-refractivity contribution is 0.495. The van der Waals surface area contributed by atoms with Gasteiger partial charge in [0.1, 0.15) is 11.5 Å². The molecule has 1 aliphatic carbocycles. The Kier molecular flexibility index (Phi) is 4.60. The summed E-state index contributed by atoms with van der Waals surface area (Å²) in [6.45, 7) is 1.91. The maximum Gasteiger partial charge on any atom is 0.161 e. The van der Waals surface area contributed by atoms with Gasteiger partial charge in [0.2, 0.25) is 0 Å². The summed E-state index contributed by atoms with van der Waals surface area (Å²) in [7, 11) is 1.88. The highest BCUT2D eigenvalue weighted by atomic mass is 19.2. The van der Waals surface area contributed by atoms with Crippen LogP contribution in [0.15, 0.2) is 52.2 Å². The summed E-state index contributed by atoms with van der Waals surface area (Å²) in [6.07, 6.45) is 9.86.